The average molecular weight is 608 g/mol. The number of pyridine rings is 1. The van der Waals surface area contributed by atoms with E-state index >= 15 is 4.39 Å². The van der Waals surface area contributed by atoms with Gasteiger partial charge in [-0.2, -0.15) is 5.26 Å². The summed E-state index contributed by atoms with van der Waals surface area (Å²) in [7, 11) is -5.27. The largest absolute Gasteiger partial charge is 0.598 e. The minimum absolute atomic E-state index is 0.0792. The Kier molecular flexibility index (Phi) is 9.72. The van der Waals surface area contributed by atoms with Crippen molar-refractivity contribution in [3.63, 3.8) is 0 Å². The van der Waals surface area contributed by atoms with Crippen molar-refractivity contribution in [3.05, 3.63) is 22.2 Å². The molecule has 0 radical (unpaired) electrons. The highest BCUT2D eigenvalue weighted by Crippen LogP contribution is 2.37. The lowest BCUT2D eigenvalue weighted by molar-refractivity contribution is 0.422. The van der Waals surface area contributed by atoms with E-state index in [9.17, 15) is 14.0 Å². The van der Waals surface area contributed by atoms with Gasteiger partial charge in [0.25, 0.3) is 0 Å². The highest BCUT2D eigenvalue weighted by molar-refractivity contribution is 9.10. The van der Waals surface area contributed by atoms with Crippen LogP contribution in [0.3, 0.4) is 0 Å². The highest BCUT2D eigenvalue weighted by atomic mass is 79.9. The van der Waals surface area contributed by atoms with E-state index in [2.05, 4.69) is 56.8 Å². The smallest absolute Gasteiger partial charge is 0.146 e. The Balaban J connectivity index is 2.84. The van der Waals surface area contributed by atoms with Gasteiger partial charge >= 0.3 is 0 Å². The summed E-state index contributed by atoms with van der Waals surface area (Å²) in [4.78, 5) is 4.54. The molecular formula is C24H40BrFN4O2S2Si. The van der Waals surface area contributed by atoms with Gasteiger partial charge in [0.1, 0.15) is 31.1 Å². The third-order valence-corrected chi connectivity index (χ3v) is 18.5. The average Bonchev–Trinajstić information content (AvgIpc) is 2.78. The molecule has 1 aliphatic rings. The molecule has 0 fully saturated rings. The first-order valence-corrected chi connectivity index (χ1v) is 18.5. The van der Waals surface area contributed by atoms with E-state index in [1.165, 1.54) is 0 Å². The van der Waals surface area contributed by atoms with E-state index < -0.39 is 50.0 Å². The van der Waals surface area contributed by atoms with Crippen molar-refractivity contribution in [3.8, 4) is 6.07 Å². The van der Waals surface area contributed by atoms with Crippen LogP contribution in [-0.2, 0) is 26.6 Å². The number of hydrogen-bond donors (Lipinski definition) is 1. The zero-order valence-electron chi connectivity index (χ0n) is 22.3. The van der Waals surface area contributed by atoms with E-state index in [1.807, 2.05) is 20.8 Å². The molecule has 1 N–H and O–H groups in total. The van der Waals surface area contributed by atoms with Gasteiger partial charge in [-0.3, -0.25) is 0 Å². The molecule has 0 bridgehead atoms. The molecular weight excluding hydrogens is 567 g/mol. The zero-order chi connectivity index (χ0) is 26.9. The number of nitrogens with zero attached hydrogens (tertiary/aromatic N) is 3. The van der Waals surface area contributed by atoms with E-state index in [4.69, 9.17) is 0 Å². The minimum Gasteiger partial charge on any atom is -0.598 e. The summed E-state index contributed by atoms with van der Waals surface area (Å²) in [6.45, 7) is 15.5. The van der Waals surface area contributed by atoms with Gasteiger partial charge in [-0.1, -0.05) is 38.9 Å². The predicted octanol–water partition coefficient (Wildman–Crippen LogP) is 5.51. The topological polar surface area (TPSA) is 101 Å². The maximum Gasteiger partial charge on any atom is 0.146 e. The van der Waals surface area contributed by atoms with Crippen molar-refractivity contribution in [2.24, 2.45) is 4.36 Å². The SMILES string of the molecule is CC[Si](CC)(CC)c1cc(Br)nc([C@](C)(C[S@@]2(=O)=NCCC[C@@]2(C)C#N)N[S+]([O-])C(C)(C)C)c1F. The van der Waals surface area contributed by atoms with Gasteiger partial charge in [0.05, 0.1) is 29.6 Å². The van der Waals surface area contributed by atoms with Crippen LogP contribution in [0, 0.1) is 17.1 Å². The zero-order valence-corrected chi connectivity index (χ0v) is 26.5. The first kappa shape index (κ1) is 30.7. The number of rotatable bonds is 9. The molecule has 0 saturated carbocycles. The Bertz CT molecular complexity index is 1090. The fraction of sp³-hybridized carbons (Fsp3) is 0.750. The van der Waals surface area contributed by atoms with Gasteiger partial charge in [-0.25, -0.2) is 17.9 Å². The van der Waals surface area contributed by atoms with Gasteiger partial charge in [0.15, 0.2) is 0 Å². The molecule has 6 nitrogen and oxygen atoms in total. The molecule has 0 aromatic carbocycles. The van der Waals surface area contributed by atoms with Gasteiger partial charge in [-0.15, -0.1) is 4.72 Å². The lowest BCUT2D eigenvalue weighted by Crippen LogP contribution is -2.57. The van der Waals surface area contributed by atoms with E-state index in [-0.39, 0.29) is 11.4 Å². The minimum atomic E-state index is -3.12. The molecule has 11 heteroatoms. The predicted molar refractivity (Wildman–Crippen MR) is 151 cm³/mol. The summed E-state index contributed by atoms with van der Waals surface area (Å²) < 4.78 is 50.3. The summed E-state index contributed by atoms with van der Waals surface area (Å²) in [6.07, 6.45) is 1.12. The third kappa shape index (κ3) is 5.98. The van der Waals surface area contributed by atoms with E-state index in [0.29, 0.717) is 29.2 Å². The molecule has 1 unspecified atom stereocenters. The molecule has 35 heavy (non-hydrogen) atoms. The van der Waals surface area contributed by atoms with Crippen LogP contribution >= 0.6 is 15.9 Å². The number of nitrogens with one attached hydrogen (secondary N) is 1. The molecule has 4 atom stereocenters. The molecule has 2 rings (SSSR count). The summed E-state index contributed by atoms with van der Waals surface area (Å²) >= 11 is 1.88. The highest BCUT2D eigenvalue weighted by Gasteiger charge is 2.49. The summed E-state index contributed by atoms with van der Waals surface area (Å²) in [6, 6.07) is 6.65. The van der Waals surface area contributed by atoms with Crippen LogP contribution < -0.4 is 9.91 Å². The number of nitriles is 1. The fourth-order valence-corrected chi connectivity index (χ4v) is 12.7. The van der Waals surface area contributed by atoms with Crippen molar-refractivity contribution in [1.29, 1.82) is 5.26 Å². The quantitative estimate of drug-likeness (QED) is 0.227. The molecule has 2 heterocycles. The van der Waals surface area contributed by atoms with Gasteiger partial charge in [-0.05, 0) is 74.6 Å². The number of hydrogen-bond acceptors (Lipinski definition) is 6. The molecule has 198 valence electrons. The Labute approximate surface area is 223 Å². The molecule has 1 aromatic rings. The number of halogens is 2. The summed E-state index contributed by atoms with van der Waals surface area (Å²) in [5, 5.41) is 10.6. The van der Waals surface area contributed by atoms with Crippen molar-refractivity contribution >= 4 is 50.3 Å². The van der Waals surface area contributed by atoms with E-state index in [0.717, 1.165) is 18.1 Å². The lowest BCUT2D eigenvalue weighted by atomic mass is 10.0. The number of aromatic nitrogens is 1. The van der Waals surface area contributed by atoms with Crippen molar-refractivity contribution in [2.45, 2.75) is 101 Å². The van der Waals surface area contributed by atoms with Gasteiger partial charge < -0.3 is 4.55 Å². The molecule has 1 aromatic heterocycles. The standard InChI is InChI=1S/C24H40BrFN4O2S2Si/c1-9-35(10-2,11-3)18-15-19(25)29-21(20(18)26)24(8,30-33(31)22(4,5)6)17-34(32)23(7,16-27)13-12-14-28-34/h15,30H,9-14,17H2,1-8H3/t23-,24-,33?,34-/m0/s1. The third-order valence-electron chi connectivity index (χ3n) is 7.46. The Morgan fingerprint density at radius 2 is 1.89 bits per heavy atom. The second kappa shape index (κ2) is 11.1. The Morgan fingerprint density at radius 1 is 1.31 bits per heavy atom. The monoisotopic (exact) mass is 606 g/mol. The molecule has 0 saturated heterocycles. The maximum atomic E-state index is 16.5. The van der Waals surface area contributed by atoms with Crippen LogP contribution in [0.15, 0.2) is 15.0 Å². The fourth-order valence-electron chi connectivity index (χ4n) is 4.73. The second-order valence-corrected chi connectivity index (χ2v) is 21.6. The van der Waals surface area contributed by atoms with Crippen molar-refractivity contribution in [2.75, 3.05) is 12.3 Å². The van der Waals surface area contributed by atoms with Crippen LogP contribution in [-0.4, -0.2) is 43.6 Å². The van der Waals surface area contributed by atoms with E-state index in [1.54, 1.807) is 19.9 Å². The maximum absolute atomic E-state index is 16.5. The Morgan fingerprint density at radius 3 is 2.37 bits per heavy atom. The van der Waals surface area contributed by atoms with Crippen LogP contribution in [0.4, 0.5) is 4.39 Å². The second-order valence-electron chi connectivity index (χ2n) is 10.9. The van der Waals surface area contributed by atoms with Crippen LogP contribution in [0.2, 0.25) is 18.1 Å². The van der Waals surface area contributed by atoms with Crippen LogP contribution in [0.5, 0.6) is 0 Å². The molecule has 0 amide bonds. The first-order valence-electron chi connectivity index (χ1n) is 12.2. The van der Waals surface area contributed by atoms with Crippen molar-refractivity contribution < 1.29 is 13.2 Å². The molecule has 0 spiro atoms. The summed E-state index contributed by atoms with van der Waals surface area (Å²) in [5.41, 5.74) is -1.30. The molecule has 1 aliphatic heterocycles. The van der Waals surface area contributed by atoms with Gasteiger partial charge in [0.2, 0.25) is 0 Å². The lowest BCUT2D eigenvalue weighted by Gasteiger charge is -2.39. The Hall–Kier alpha value is -0.513. The van der Waals surface area contributed by atoms with Crippen LogP contribution in [0.1, 0.15) is 73.9 Å². The van der Waals surface area contributed by atoms with Gasteiger partial charge in [0, 0.05) is 17.9 Å². The van der Waals surface area contributed by atoms with Crippen LogP contribution in [0.25, 0.3) is 0 Å². The summed E-state index contributed by atoms with van der Waals surface area (Å²) in [5.74, 6) is -0.589. The first-order chi connectivity index (χ1) is 16.1. The molecule has 0 aliphatic carbocycles. The van der Waals surface area contributed by atoms with Crippen molar-refractivity contribution in [1.82, 2.24) is 9.71 Å². The normalized spacial score (nSPS) is 25.9.